The molecule has 0 N–H and O–H groups in total. The van der Waals surface area contributed by atoms with Crippen LogP contribution in [0.2, 0.25) is 5.02 Å². The molecule has 1 atom stereocenters. The largest absolute Gasteiger partial charge is 0.146 e. The Morgan fingerprint density at radius 3 is 2.61 bits per heavy atom. The summed E-state index contributed by atoms with van der Waals surface area (Å²) in [5.74, 6) is 1.57. The fourth-order valence-corrected chi connectivity index (χ4v) is 4.80. The van der Waals surface area contributed by atoms with E-state index in [1.54, 1.807) is 11.3 Å². The molecule has 0 aliphatic heterocycles. The van der Waals surface area contributed by atoms with E-state index < -0.39 is 0 Å². The molecule has 1 heterocycles. The lowest BCUT2D eigenvalue weighted by Crippen LogP contribution is -2.17. The highest BCUT2D eigenvalue weighted by atomic mass is 35.5. The van der Waals surface area contributed by atoms with E-state index in [4.69, 9.17) is 23.2 Å². The predicted octanol–water partition coefficient (Wildman–Crippen LogP) is 6.68. The Morgan fingerprint density at radius 1 is 1.33 bits per heavy atom. The second kappa shape index (κ2) is 7.17. The fraction of sp³-hybridized carbons (Fsp3) is 0.733. The van der Waals surface area contributed by atoms with Crippen LogP contribution in [0.5, 0.6) is 0 Å². The molecular weight excluding hydrogens is 283 g/mol. The van der Waals surface area contributed by atoms with Gasteiger partial charge in [0.25, 0.3) is 0 Å². The van der Waals surface area contributed by atoms with Gasteiger partial charge in [0.15, 0.2) is 0 Å². The summed E-state index contributed by atoms with van der Waals surface area (Å²) < 4.78 is 0. The van der Waals surface area contributed by atoms with Crippen molar-refractivity contribution in [3.8, 4) is 0 Å². The van der Waals surface area contributed by atoms with E-state index in [1.807, 2.05) is 11.4 Å². The van der Waals surface area contributed by atoms with Crippen molar-refractivity contribution in [1.29, 1.82) is 0 Å². The molecule has 18 heavy (non-hydrogen) atoms. The first-order valence-corrected chi connectivity index (χ1v) is 8.78. The molecule has 0 saturated heterocycles. The van der Waals surface area contributed by atoms with E-state index in [2.05, 4.69) is 6.92 Å². The summed E-state index contributed by atoms with van der Waals surface area (Å²) in [6.07, 6.45) is 9.39. The number of halogens is 2. The average molecular weight is 305 g/mol. The Hall–Kier alpha value is 0.280. The summed E-state index contributed by atoms with van der Waals surface area (Å²) in [6.45, 7) is 2.28. The normalized spacial score (nSPS) is 26.2. The lowest BCUT2D eigenvalue weighted by atomic mass is 9.78. The second-order valence-electron chi connectivity index (χ2n) is 5.46. The first-order chi connectivity index (χ1) is 8.72. The van der Waals surface area contributed by atoms with Crippen LogP contribution in [0.3, 0.4) is 0 Å². The van der Waals surface area contributed by atoms with Gasteiger partial charge in [-0.2, -0.15) is 0 Å². The third-order valence-electron chi connectivity index (χ3n) is 4.17. The van der Waals surface area contributed by atoms with Crippen LogP contribution in [0.15, 0.2) is 11.4 Å². The Labute approximate surface area is 125 Å². The number of alkyl halides is 1. The lowest BCUT2D eigenvalue weighted by molar-refractivity contribution is 0.255. The third-order valence-corrected chi connectivity index (χ3v) is 6.31. The van der Waals surface area contributed by atoms with Crippen LogP contribution in [0.1, 0.15) is 62.1 Å². The first kappa shape index (κ1) is 14.7. The Balaban J connectivity index is 1.84. The van der Waals surface area contributed by atoms with E-state index >= 15 is 0 Å². The van der Waals surface area contributed by atoms with Crippen molar-refractivity contribution < 1.29 is 0 Å². The van der Waals surface area contributed by atoms with Crippen molar-refractivity contribution in [1.82, 2.24) is 0 Å². The maximum atomic E-state index is 6.61. The molecule has 1 aliphatic rings. The zero-order chi connectivity index (χ0) is 13.0. The molecule has 1 saturated carbocycles. The maximum Gasteiger partial charge on any atom is 0.0721 e. The molecule has 0 amide bonds. The van der Waals surface area contributed by atoms with Gasteiger partial charge in [-0.05, 0) is 36.1 Å². The SMILES string of the molecule is CCCCC1CCC(C(Cl)c2sccc2Cl)CC1. The monoisotopic (exact) mass is 304 g/mol. The molecule has 1 aromatic heterocycles. The smallest absolute Gasteiger partial charge is 0.0721 e. The molecule has 0 radical (unpaired) electrons. The van der Waals surface area contributed by atoms with Gasteiger partial charge in [-0.25, -0.2) is 0 Å². The van der Waals surface area contributed by atoms with E-state index in [0.29, 0.717) is 5.92 Å². The standard InChI is InChI=1S/C15H22Cl2S/c1-2-3-4-11-5-7-12(8-6-11)14(17)15-13(16)9-10-18-15/h9-12,14H,2-8H2,1H3. The van der Waals surface area contributed by atoms with Gasteiger partial charge in [0.2, 0.25) is 0 Å². The first-order valence-electron chi connectivity index (χ1n) is 7.09. The van der Waals surface area contributed by atoms with Crippen LogP contribution < -0.4 is 0 Å². The summed E-state index contributed by atoms with van der Waals surface area (Å²) in [5, 5.41) is 3.03. The number of hydrogen-bond acceptors (Lipinski definition) is 1. The van der Waals surface area contributed by atoms with Crippen molar-refractivity contribution >= 4 is 34.5 Å². The van der Waals surface area contributed by atoms with Crippen molar-refractivity contribution in [2.75, 3.05) is 0 Å². The highest BCUT2D eigenvalue weighted by Crippen LogP contribution is 2.45. The number of hydrogen-bond donors (Lipinski definition) is 0. The quantitative estimate of drug-likeness (QED) is 0.532. The molecule has 0 aromatic carbocycles. The highest BCUT2D eigenvalue weighted by molar-refractivity contribution is 7.11. The van der Waals surface area contributed by atoms with Crippen LogP contribution >= 0.6 is 34.5 Å². The molecule has 0 bridgehead atoms. The van der Waals surface area contributed by atoms with Gasteiger partial charge in [-0.1, -0.05) is 50.6 Å². The Bertz CT molecular complexity index is 353. The van der Waals surface area contributed by atoms with Crippen LogP contribution in [-0.2, 0) is 0 Å². The molecule has 3 heteroatoms. The highest BCUT2D eigenvalue weighted by Gasteiger charge is 2.28. The van der Waals surface area contributed by atoms with Crippen LogP contribution in [-0.4, -0.2) is 0 Å². The van der Waals surface area contributed by atoms with Gasteiger partial charge < -0.3 is 0 Å². The molecule has 1 unspecified atom stereocenters. The topological polar surface area (TPSA) is 0 Å². The Kier molecular flexibility index (Phi) is 5.85. The molecule has 0 nitrogen and oxygen atoms in total. The maximum absolute atomic E-state index is 6.61. The fourth-order valence-electron chi connectivity index (χ4n) is 2.98. The molecule has 102 valence electrons. The Morgan fingerprint density at radius 2 is 2.06 bits per heavy atom. The molecular formula is C15H22Cl2S. The zero-order valence-electron chi connectivity index (χ0n) is 11.0. The molecule has 1 fully saturated rings. The van der Waals surface area contributed by atoms with Crippen molar-refractivity contribution in [2.45, 2.75) is 57.2 Å². The van der Waals surface area contributed by atoms with Crippen molar-refractivity contribution in [3.05, 3.63) is 21.3 Å². The zero-order valence-corrected chi connectivity index (χ0v) is 13.3. The summed E-state index contributed by atoms with van der Waals surface area (Å²) in [6, 6.07) is 1.96. The van der Waals surface area contributed by atoms with Gasteiger partial charge in [0.05, 0.1) is 10.4 Å². The number of rotatable bonds is 5. The van der Waals surface area contributed by atoms with E-state index in [1.165, 1.54) is 49.8 Å². The number of unbranched alkanes of at least 4 members (excludes halogenated alkanes) is 1. The van der Waals surface area contributed by atoms with E-state index in [0.717, 1.165) is 10.9 Å². The predicted molar refractivity (Wildman–Crippen MR) is 82.9 cm³/mol. The van der Waals surface area contributed by atoms with E-state index in [9.17, 15) is 0 Å². The van der Waals surface area contributed by atoms with Gasteiger partial charge in [-0.15, -0.1) is 22.9 Å². The molecule has 1 aromatic rings. The molecule has 0 spiro atoms. The second-order valence-corrected chi connectivity index (χ2v) is 7.28. The molecule has 2 rings (SSSR count). The minimum Gasteiger partial charge on any atom is -0.146 e. The van der Waals surface area contributed by atoms with Gasteiger partial charge >= 0.3 is 0 Å². The lowest BCUT2D eigenvalue weighted by Gasteiger charge is -2.31. The van der Waals surface area contributed by atoms with Crippen LogP contribution in [0.25, 0.3) is 0 Å². The van der Waals surface area contributed by atoms with Gasteiger partial charge in [0, 0.05) is 4.88 Å². The summed E-state index contributed by atoms with van der Waals surface area (Å²) in [4.78, 5) is 1.18. The van der Waals surface area contributed by atoms with Crippen molar-refractivity contribution in [3.63, 3.8) is 0 Å². The van der Waals surface area contributed by atoms with E-state index in [-0.39, 0.29) is 5.38 Å². The third kappa shape index (κ3) is 3.65. The molecule has 1 aliphatic carbocycles. The minimum atomic E-state index is 0.129. The van der Waals surface area contributed by atoms with Crippen LogP contribution in [0, 0.1) is 11.8 Å². The summed E-state index contributed by atoms with van der Waals surface area (Å²) in [7, 11) is 0. The summed E-state index contributed by atoms with van der Waals surface area (Å²) >= 11 is 14.5. The van der Waals surface area contributed by atoms with Gasteiger partial charge in [-0.3, -0.25) is 0 Å². The number of thiophene rings is 1. The van der Waals surface area contributed by atoms with Crippen molar-refractivity contribution in [2.24, 2.45) is 11.8 Å². The average Bonchev–Trinajstić information content (AvgIpc) is 2.82. The summed E-state index contributed by atoms with van der Waals surface area (Å²) in [5.41, 5.74) is 0. The van der Waals surface area contributed by atoms with Gasteiger partial charge in [0.1, 0.15) is 0 Å². The van der Waals surface area contributed by atoms with Crippen LogP contribution in [0.4, 0.5) is 0 Å². The minimum absolute atomic E-state index is 0.129.